The summed E-state index contributed by atoms with van der Waals surface area (Å²) in [5.41, 5.74) is 3.24. The molecule has 1 fully saturated rings. The second-order valence-corrected chi connectivity index (χ2v) is 13.3. The standard InChI is InChI=1S/C39H52Cl2N4O7/c1-44(38(46)37(30-8-12-33(40)13-9-30)31-10-14-34(41)15-11-31)36(29-45-17-3-4-18-45)32-6-5-7-35(28-32)43-39(47)42-16-19-49-22-23-51-26-27-52-25-24-50-21-20-48-2/h5-15,28,36-37H,3-4,16-27,29H2,1-2H3,(H2,42,43,47)/t36-/m1/s1. The van der Waals surface area contributed by atoms with Crippen molar-refractivity contribution in [2.24, 2.45) is 0 Å². The Balaban J connectivity index is 1.29. The molecule has 2 N–H and O–H groups in total. The molecule has 0 unspecified atom stereocenters. The van der Waals surface area contributed by atoms with Crippen LogP contribution < -0.4 is 10.6 Å². The SMILES string of the molecule is COCCOCCOCCOCCOCCNC(=O)Nc1cccc([C@@H](CN2CCCC2)N(C)C(=O)C(c2ccc(Cl)cc2)c2ccc(Cl)cc2)c1. The van der Waals surface area contributed by atoms with Gasteiger partial charge in [0.1, 0.15) is 0 Å². The summed E-state index contributed by atoms with van der Waals surface area (Å²) < 4.78 is 26.8. The second-order valence-electron chi connectivity index (χ2n) is 12.5. The molecule has 0 radical (unpaired) electrons. The summed E-state index contributed by atoms with van der Waals surface area (Å²) in [5, 5.41) is 6.97. The minimum Gasteiger partial charge on any atom is -0.382 e. The third-order valence-electron chi connectivity index (χ3n) is 8.71. The average molecular weight is 760 g/mol. The van der Waals surface area contributed by atoms with E-state index in [2.05, 4.69) is 15.5 Å². The molecule has 284 valence electrons. The van der Waals surface area contributed by atoms with Gasteiger partial charge in [-0.05, 0) is 79.0 Å². The number of likely N-dealkylation sites (N-methyl/N-ethyl adjacent to an activating group) is 1. The maximum absolute atomic E-state index is 14.5. The van der Waals surface area contributed by atoms with Crippen molar-refractivity contribution in [1.29, 1.82) is 0 Å². The van der Waals surface area contributed by atoms with E-state index < -0.39 is 5.92 Å². The first-order valence-electron chi connectivity index (χ1n) is 17.8. The molecule has 13 heteroatoms. The van der Waals surface area contributed by atoms with E-state index in [4.69, 9.17) is 46.9 Å². The fourth-order valence-corrected chi connectivity index (χ4v) is 6.20. The quantitative estimate of drug-likeness (QED) is 0.109. The van der Waals surface area contributed by atoms with Crippen LogP contribution in [0.3, 0.4) is 0 Å². The monoisotopic (exact) mass is 758 g/mol. The number of likely N-dealkylation sites (tertiary alicyclic amines) is 1. The highest BCUT2D eigenvalue weighted by Crippen LogP contribution is 2.33. The van der Waals surface area contributed by atoms with Crippen molar-refractivity contribution >= 4 is 40.8 Å². The van der Waals surface area contributed by atoms with Gasteiger partial charge in [-0.25, -0.2) is 4.79 Å². The average Bonchev–Trinajstić information content (AvgIpc) is 3.67. The van der Waals surface area contributed by atoms with Gasteiger partial charge >= 0.3 is 6.03 Å². The number of carbonyl (C=O) groups excluding carboxylic acids is 2. The van der Waals surface area contributed by atoms with Gasteiger partial charge in [0, 0.05) is 43.0 Å². The Morgan fingerprint density at radius 1 is 0.731 bits per heavy atom. The summed E-state index contributed by atoms with van der Waals surface area (Å²) >= 11 is 12.4. The van der Waals surface area contributed by atoms with Crippen LogP contribution in [0.15, 0.2) is 72.8 Å². The van der Waals surface area contributed by atoms with E-state index >= 15 is 0 Å². The largest absolute Gasteiger partial charge is 0.382 e. The number of carbonyl (C=O) groups is 2. The molecule has 4 rings (SSSR count). The lowest BCUT2D eigenvalue weighted by Crippen LogP contribution is -2.41. The van der Waals surface area contributed by atoms with Gasteiger partial charge in [-0.15, -0.1) is 0 Å². The number of nitrogens with zero attached hydrogens (tertiary/aromatic N) is 2. The summed E-state index contributed by atoms with van der Waals surface area (Å²) in [7, 11) is 3.49. The summed E-state index contributed by atoms with van der Waals surface area (Å²) in [6, 6.07) is 21.9. The van der Waals surface area contributed by atoms with Crippen molar-refractivity contribution < 1.29 is 33.3 Å². The van der Waals surface area contributed by atoms with Crippen LogP contribution in [0, 0.1) is 0 Å². The maximum Gasteiger partial charge on any atom is 0.319 e. The number of anilines is 1. The first kappa shape index (κ1) is 41.5. The Hall–Kier alpha value is -3.26. The normalized spacial score (nSPS) is 13.7. The van der Waals surface area contributed by atoms with Gasteiger partial charge < -0.3 is 44.1 Å². The minimum absolute atomic E-state index is 0.0526. The van der Waals surface area contributed by atoms with Gasteiger partial charge in [0.15, 0.2) is 0 Å². The Morgan fingerprint density at radius 2 is 1.25 bits per heavy atom. The van der Waals surface area contributed by atoms with Crippen LogP contribution in [-0.2, 0) is 28.5 Å². The highest BCUT2D eigenvalue weighted by molar-refractivity contribution is 6.30. The molecule has 0 spiro atoms. The number of rotatable bonds is 23. The number of urea groups is 1. The lowest BCUT2D eigenvalue weighted by Gasteiger charge is -2.35. The number of ether oxygens (including phenoxy) is 5. The van der Waals surface area contributed by atoms with Gasteiger partial charge in [-0.2, -0.15) is 0 Å². The fraction of sp³-hybridized carbons (Fsp3) is 0.487. The molecular weight excluding hydrogens is 707 g/mol. The minimum atomic E-state index is -0.558. The zero-order valence-corrected chi connectivity index (χ0v) is 31.7. The first-order chi connectivity index (χ1) is 25.4. The van der Waals surface area contributed by atoms with Crippen LogP contribution in [0.25, 0.3) is 0 Å². The van der Waals surface area contributed by atoms with Crippen molar-refractivity contribution in [3.05, 3.63) is 99.5 Å². The van der Waals surface area contributed by atoms with Crippen molar-refractivity contribution in [3.8, 4) is 0 Å². The van der Waals surface area contributed by atoms with Gasteiger partial charge in [0.25, 0.3) is 0 Å². The molecule has 1 saturated heterocycles. The van der Waals surface area contributed by atoms with E-state index in [0.717, 1.165) is 42.6 Å². The molecule has 3 amide bonds. The molecule has 1 aliphatic heterocycles. The number of hydrogen-bond acceptors (Lipinski definition) is 8. The summed E-state index contributed by atoms with van der Waals surface area (Å²) in [4.78, 5) is 31.5. The number of nitrogens with one attached hydrogen (secondary N) is 2. The van der Waals surface area contributed by atoms with Crippen molar-refractivity contribution in [2.45, 2.75) is 24.8 Å². The predicted octanol–water partition coefficient (Wildman–Crippen LogP) is 6.26. The van der Waals surface area contributed by atoms with E-state index in [0.29, 0.717) is 88.3 Å². The molecule has 11 nitrogen and oxygen atoms in total. The number of amides is 3. The van der Waals surface area contributed by atoms with E-state index in [9.17, 15) is 9.59 Å². The van der Waals surface area contributed by atoms with E-state index in [1.54, 1.807) is 31.4 Å². The zero-order valence-electron chi connectivity index (χ0n) is 30.2. The van der Waals surface area contributed by atoms with Crippen molar-refractivity contribution in [2.75, 3.05) is 105 Å². The van der Waals surface area contributed by atoms with Gasteiger partial charge in [0.05, 0.1) is 71.4 Å². The highest BCUT2D eigenvalue weighted by Gasteiger charge is 2.32. The fourth-order valence-electron chi connectivity index (χ4n) is 5.95. The lowest BCUT2D eigenvalue weighted by molar-refractivity contribution is -0.133. The van der Waals surface area contributed by atoms with Crippen LogP contribution in [0.4, 0.5) is 10.5 Å². The molecule has 0 aromatic heterocycles. The molecule has 3 aromatic carbocycles. The van der Waals surface area contributed by atoms with Crippen LogP contribution in [0.5, 0.6) is 0 Å². The van der Waals surface area contributed by atoms with Crippen molar-refractivity contribution in [1.82, 2.24) is 15.1 Å². The van der Waals surface area contributed by atoms with E-state index in [1.165, 1.54) is 0 Å². The predicted molar refractivity (Wildman–Crippen MR) is 205 cm³/mol. The number of benzene rings is 3. The Labute approximate surface area is 317 Å². The molecular formula is C39H52Cl2N4O7. The molecule has 1 aliphatic rings. The van der Waals surface area contributed by atoms with Gasteiger partial charge in [0.2, 0.25) is 5.91 Å². The number of halogens is 2. The second kappa shape index (κ2) is 23.4. The molecule has 0 aliphatic carbocycles. The summed E-state index contributed by atoms with van der Waals surface area (Å²) in [6.07, 6.45) is 2.26. The topological polar surface area (TPSA) is 111 Å². The van der Waals surface area contributed by atoms with E-state index in [-0.39, 0.29) is 18.0 Å². The summed E-state index contributed by atoms with van der Waals surface area (Å²) in [6.45, 7) is 7.25. The van der Waals surface area contributed by atoms with Crippen LogP contribution >= 0.6 is 23.2 Å². The van der Waals surface area contributed by atoms with Crippen LogP contribution in [-0.4, -0.2) is 122 Å². The zero-order chi connectivity index (χ0) is 37.0. The third-order valence-corrected chi connectivity index (χ3v) is 9.21. The maximum atomic E-state index is 14.5. The van der Waals surface area contributed by atoms with Crippen molar-refractivity contribution in [3.63, 3.8) is 0 Å². The highest BCUT2D eigenvalue weighted by atomic mass is 35.5. The summed E-state index contributed by atoms with van der Waals surface area (Å²) in [5.74, 6) is -0.610. The number of methoxy groups -OCH3 is 1. The molecule has 0 saturated carbocycles. The molecule has 3 aromatic rings. The molecule has 1 heterocycles. The van der Waals surface area contributed by atoms with E-state index in [1.807, 2.05) is 60.5 Å². The Morgan fingerprint density at radius 3 is 1.79 bits per heavy atom. The van der Waals surface area contributed by atoms with Gasteiger partial charge in [-0.1, -0.05) is 59.6 Å². The number of hydrogen-bond donors (Lipinski definition) is 2. The Kier molecular flexibility index (Phi) is 18.7. The Bertz CT molecular complexity index is 1430. The first-order valence-corrected chi connectivity index (χ1v) is 18.6. The smallest absolute Gasteiger partial charge is 0.319 e. The van der Waals surface area contributed by atoms with Gasteiger partial charge in [-0.3, -0.25) is 4.79 Å². The lowest BCUT2D eigenvalue weighted by atomic mass is 9.89. The molecule has 0 bridgehead atoms. The molecule has 1 atom stereocenters. The third kappa shape index (κ3) is 14.3. The molecule has 52 heavy (non-hydrogen) atoms. The van der Waals surface area contributed by atoms with Crippen LogP contribution in [0.2, 0.25) is 10.0 Å². The van der Waals surface area contributed by atoms with Crippen LogP contribution in [0.1, 0.15) is 41.5 Å².